The minimum atomic E-state index is -1.23. The lowest BCUT2D eigenvalue weighted by atomic mass is 9.90. The Labute approximate surface area is 121 Å². The van der Waals surface area contributed by atoms with Crippen molar-refractivity contribution < 1.29 is 20.4 Å². The third-order valence-corrected chi connectivity index (χ3v) is 3.90. The van der Waals surface area contributed by atoms with Crippen molar-refractivity contribution in [1.82, 2.24) is 5.32 Å². The average molecular weight is 287 g/mol. The maximum absolute atomic E-state index is 9.89. The van der Waals surface area contributed by atoms with Crippen molar-refractivity contribution in [2.45, 2.75) is 75.8 Å². The van der Waals surface area contributed by atoms with Crippen LogP contribution in [-0.2, 0) is 0 Å². The zero-order valence-corrected chi connectivity index (χ0v) is 12.3. The fraction of sp³-hybridized carbons (Fsp3) is 0.867. The molecule has 1 aliphatic heterocycles. The molecule has 1 fully saturated rings. The number of rotatable bonds is 8. The predicted molar refractivity (Wildman–Crippen MR) is 78.3 cm³/mol. The average Bonchev–Trinajstić information content (AvgIpc) is 2.46. The zero-order chi connectivity index (χ0) is 15.0. The van der Waals surface area contributed by atoms with Gasteiger partial charge in [0.15, 0.2) is 0 Å². The number of allylic oxidation sites excluding steroid dienone is 1. The van der Waals surface area contributed by atoms with E-state index in [1.54, 1.807) is 0 Å². The monoisotopic (exact) mass is 287 g/mol. The number of hydrogen-bond donors (Lipinski definition) is 5. The highest BCUT2D eigenvalue weighted by Crippen LogP contribution is 2.17. The van der Waals surface area contributed by atoms with E-state index in [4.69, 9.17) is 5.11 Å². The quantitative estimate of drug-likeness (QED) is 0.327. The van der Waals surface area contributed by atoms with E-state index < -0.39 is 30.4 Å². The van der Waals surface area contributed by atoms with E-state index >= 15 is 0 Å². The van der Waals surface area contributed by atoms with Gasteiger partial charge in [0.1, 0.15) is 12.2 Å². The van der Waals surface area contributed by atoms with Crippen molar-refractivity contribution in [1.29, 1.82) is 0 Å². The predicted octanol–water partition coefficient (Wildman–Crippen LogP) is 0.318. The summed E-state index contributed by atoms with van der Waals surface area (Å²) in [7, 11) is 0. The van der Waals surface area contributed by atoms with E-state index in [-0.39, 0.29) is 6.61 Å². The summed E-state index contributed by atoms with van der Waals surface area (Å²) in [6, 6.07) is -1.03. The zero-order valence-electron chi connectivity index (χ0n) is 12.3. The number of unbranched alkanes of at least 4 members (excludes halogenated alkanes) is 5. The summed E-state index contributed by atoms with van der Waals surface area (Å²) in [6.45, 7) is 1.92. The van der Waals surface area contributed by atoms with Gasteiger partial charge in [0.2, 0.25) is 0 Å². The molecule has 0 bridgehead atoms. The molecule has 0 saturated carbocycles. The van der Waals surface area contributed by atoms with E-state index in [1.807, 2.05) is 12.2 Å². The first-order chi connectivity index (χ1) is 9.61. The van der Waals surface area contributed by atoms with Gasteiger partial charge in [-0.05, 0) is 12.8 Å². The van der Waals surface area contributed by atoms with Crippen LogP contribution in [-0.4, -0.2) is 57.4 Å². The normalized spacial score (nSPS) is 34.8. The molecule has 118 valence electrons. The highest BCUT2D eigenvalue weighted by Gasteiger charge is 2.40. The summed E-state index contributed by atoms with van der Waals surface area (Å²) in [5.41, 5.74) is 0. The van der Waals surface area contributed by atoms with Gasteiger partial charge in [0.25, 0.3) is 0 Å². The molecule has 1 unspecified atom stereocenters. The minimum Gasteiger partial charge on any atom is -0.395 e. The summed E-state index contributed by atoms with van der Waals surface area (Å²) in [5, 5.41) is 41.4. The van der Waals surface area contributed by atoms with Gasteiger partial charge in [-0.15, -0.1) is 0 Å². The molecule has 5 N–H and O–H groups in total. The second-order valence-electron chi connectivity index (χ2n) is 5.58. The van der Waals surface area contributed by atoms with Gasteiger partial charge < -0.3 is 25.7 Å². The molecule has 20 heavy (non-hydrogen) atoms. The first-order valence-electron chi connectivity index (χ1n) is 7.69. The largest absolute Gasteiger partial charge is 0.395 e. The molecule has 1 saturated heterocycles. The van der Waals surface area contributed by atoms with Crippen LogP contribution < -0.4 is 5.32 Å². The SMILES string of the molecule is CCCCCCCC=CC1N[C@H](CO)[C@@H](O)[C@H](O)[C@H]1O. The Hall–Kier alpha value is -0.460. The molecule has 5 heteroatoms. The molecular formula is C15H29NO4. The number of nitrogens with one attached hydrogen (secondary N) is 1. The Morgan fingerprint density at radius 3 is 2.30 bits per heavy atom. The van der Waals surface area contributed by atoms with Crippen LogP contribution in [0.3, 0.4) is 0 Å². The molecular weight excluding hydrogens is 258 g/mol. The van der Waals surface area contributed by atoms with E-state index in [0.717, 1.165) is 12.8 Å². The van der Waals surface area contributed by atoms with Crippen molar-refractivity contribution in [3.63, 3.8) is 0 Å². The summed E-state index contributed by atoms with van der Waals surface area (Å²) in [4.78, 5) is 0. The van der Waals surface area contributed by atoms with Crippen LogP contribution in [0.25, 0.3) is 0 Å². The molecule has 1 aliphatic rings. The van der Waals surface area contributed by atoms with E-state index in [0.29, 0.717) is 0 Å². The Bertz CT molecular complexity index is 283. The van der Waals surface area contributed by atoms with E-state index in [1.165, 1.54) is 25.7 Å². The van der Waals surface area contributed by atoms with E-state index in [2.05, 4.69) is 12.2 Å². The van der Waals surface area contributed by atoms with Gasteiger partial charge >= 0.3 is 0 Å². The van der Waals surface area contributed by atoms with Gasteiger partial charge in [0, 0.05) is 0 Å². The van der Waals surface area contributed by atoms with Gasteiger partial charge in [0.05, 0.1) is 24.8 Å². The van der Waals surface area contributed by atoms with Gasteiger partial charge in [-0.25, -0.2) is 0 Å². The number of piperidine rings is 1. The van der Waals surface area contributed by atoms with Gasteiger partial charge in [-0.3, -0.25) is 0 Å². The Morgan fingerprint density at radius 2 is 1.65 bits per heavy atom. The second-order valence-corrected chi connectivity index (χ2v) is 5.58. The standard InChI is InChI=1S/C15H29NO4/c1-2-3-4-5-6-7-8-9-11-13(18)15(20)14(19)12(10-17)16-11/h8-9,11-20H,2-7,10H2,1H3/t11?,12-,13+,14-,15-/m1/s1. The van der Waals surface area contributed by atoms with Crippen LogP contribution in [0.4, 0.5) is 0 Å². The van der Waals surface area contributed by atoms with Crippen LogP contribution in [0.2, 0.25) is 0 Å². The smallest absolute Gasteiger partial charge is 0.109 e. The summed E-state index contributed by atoms with van der Waals surface area (Å²) < 4.78 is 0. The lowest BCUT2D eigenvalue weighted by Crippen LogP contribution is -2.65. The molecule has 0 radical (unpaired) electrons. The molecule has 0 aromatic rings. The molecule has 0 aromatic heterocycles. The van der Waals surface area contributed by atoms with Crippen molar-refractivity contribution in [2.24, 2.45) is 0 Å². The summed E-state index contributed by atoms with van der Waals surface area (Å²) >= 11 is 0. The van der Waals surface area contributed by atoms with Crippen molar-refractivity contribution >= 4 is 0 Å². The number of aliphatic hydroxyl groups excluding tert-OH is 4. The van der Waals surface area contributed by atoms with Crippen molar-refractivity contribution in [2.75, 3.05) is 6.61 Å². The molecule has 5 nitrogen and oxygen atoms in total. The first-order valence-corrected chi connectivity index (χ1v) is 7.69. The Morgan fingerprint density at radius 1 is 0.950 bits per heavy atom. The Balaban J connectivity index is 2.34. The summed E-state index contributed by atoms with van der Waals surface area (Å²) in [5.74, 6) is 0. The van der Waals surface area contributed by atoms with Crippen LogP contribution in [0.15, 0.2) is 12.2 Å². The second kappa shape index (κ2) is 9.47. The summed E-state index contributed by atoms with van der Waals surface area (Å²) in [6.07, 6.45) is 7.42. The highest BCUT2D eigenvalue weighted by atomic mass is 16.4. The number of hydrogen-bond acceptors (Lipinski definition) is 5. The van der Waals surface area contributed by atoms with E-state index in [9.17, 15) is 15.3 Å². The highest BCUT2D eigenvalue weighted by molar-refractivity contribution is 5.07. The number of aliphatic hydroxyl groups is 4. The van der Waals surface area contributed by atoms with Gasteiger partial charge in [-0.1, -0.05) is 44.8 Å². The van der Waals surface area contributed by atoms with Crippen LogP contribution in [0.5, 0.6) is 0 Å². The van der Waals surface area contributed by atoms with Crippen LogP contribution in [0.1, 0.15) is 45.4 Å². The maximum Gasteiger partial charge on any atom is 0.109 e. The topological polar surface area (TPSA) is 93.0 Å². The Kier molecular flexibility index (Phi) is 8.33. The maximum atomic E-state index is 9.89. The third-order valence-electron chi connectivity index (χ3n) is 3.90. The fourth-order valence-electron chi connectivity index (χ4n) is 2.54. The van der Waals surface area contributed by atoms with Crippen molar-refractivity contribution in [3.05, 3.63) is 12.2 Å². The molecule has 0 spiro atoms. The molecule has 0 aromatic carbocycles. The van der Waals surface area contributed by atoms with Crippen LogP contribution in [0, 0.1) is 0 Å². The van der Waals surface area contributed by atoms with Gasteiger partial charge in [-0.2, -0.15) is 0 Å². The fourth-order valence-corrected chi connectivity index (χ4v) is 2.54. The molecule has 1 rings (SSSR count). The third kappa shape index (κ3) is 5.14. The molecule has 5 atom stereocenters. The first kappa shape index (κ1) is 17.6. The molecule has 0 aliphatic carbocycles. The van der Waals surface area contributed by atoms with Crippen molar-refractivity contribution in [3.8, 4) is 0 Å². The lowest BCUT2D eigenvalue weighted by molar-refractivity contribution is -0.112. The molecule has 1 heterocycles. The van der Waals surface area contributed by atoms with Crippen LogP contribution >= 0.6 is 0 Å². The molecule has 0 amide bonds. The minimum absolute atomic E-state index is 0.272. The lowest BCUT2D eigenvalue weighted by Gasteiger charge is -2.39.